The third-order valence-electron chi connectivity index (χ3n) is 4.00. The minimum atomic E-state index is -3.81. The second-order valence-corrected chi connectivity index (χ2v) is 9.08. The lowest BCUT2D eigenvalue weighted by atomic mass is 9.97. The van der Waals surface area contributed by atoms with Gasteiger partial charge in [-0.15, -0.1) is 0 Å². The molecule has 0 aliphatic carbocycles. The number of hydrogen-bond acceptors (Lipinski definition) is 7. The molecule has 0 aliphatic heterocycles. The molecule has 0 bridgehead atoms. The Bertz CT molecular complexity index is 1130. The van der Waals surface area contributed by atoms with Crippen molar-refractivity contribution in [1.29, 1.82) is 0 Å². The van der Waals surface area contributed by atoms with E-state index in [-0.39, 0.29) is 16.9 Å². The maximum atomic E-state index is 12.7. The number of benzene rings is 2. The van der Waals surface area contributed by atoms with Crippen LogP contribution in [-0.4, -0.2) is 33.1 Å². The topological polar surface area (TPSA) is 108 Å². The molecular formula is C20H22N2O6S. The van der Waals surface area contributed by atoms with E-state index < -0.39 is 16.0 Å². The molecule has 0 fully saturated rings. The number of fused-ring (bicyclic) bond motifs is 1. The van der Waals surface area contributed by atoms with Crippen LogP contribution in [0.2, 0.25) is 0 Å². The molecule has 0 radical (unpaired) electrons. The van der Waals surface area contributed by atoms with Gasteiger partial charge in [-0.05, 0) is 42.5 Å². The first-order valence-electron chi connectivity index (χ1n) is 8.82. The minimum absolute atomic E-state index is 0.0542. The Kier molecular flexibility index (Phi) is 5.52. The SMILES string of the molecule is COC(=O)COc1ccc(S(=O)(=O)Nc2ccc3oc(C(C)(C)C)nc3c2)cc1. The number of carbonyl (C=O) groups excluding carboxylic acids is 1. The number of anilines is 1. The van der Waals surface area contributed by atoms with Crippen molar-refractivity contribution in [3.8, 4) is 5.75 Å². The Morgan fingerprint density at radius 2 is 1.83 bits per heavy atom. The van der Waals surface area contributed by atoms with Crippen molar-refractivity contribution in [1.82, 2.24) is 4.98 Å². The van der Waals surface area contributed by atoms with Crippen molar-refractivity contribution in [3.05, 3.63) is 48.4 Å². The summed E-state index contributed by atoms with van der Waals surface area (Å²) in [4.78, 5) is 15.6. The second-order valence-electron chi connectivity index (χ2n) is 7.39. The molecule has 9 heteroatoms. The summed E-state index contributed by atoms with van der Waals surface area (Å²) >= 11 is 0. The van der Waals surface area contributed by atoms with Gasteiger partial charge in [-0.3, -0.25) is 4.72 Å². The van der Waals surface area contributed by atoms with Crippen molar-refractivity contribution < 1.29 is 27.1 Å². The van der Waals surface area contributed by atoms with Gasteiger partial charge in [-0.25, -0.2) is 18.2 Å². The summed E-state index contributed by atoms with van der Waals surface area (Å²) in [5, 5.41) is 0. The van der Waals surface area contributed by atoms with Crippen LogP contribution in [0.3, 0.4) is 0 Å². The highest BCUT2D eigenvalue weighted by molar-refractivity contribution is 7.92. The summed E-state index contributed by atoms with van der Waals surface area (Å²) in [6, 6.07) is 10.6. The third-order valence-corrected chi connectivity index (χ3v) is 5.40. The first kappa shape index (κ1) is 20.7. The number of rotatable bonds is 6. The fourth-order valence-corrected chi connectivity index (χ4v) is 3.49. The zero-order valence-corrected chi connectivity index (χ0v) is 17.4. The Morgan fingerprint density at radius 1 is 1.14 bits per heavy atom. The number of methoxy groups -OCH3 is 1. The van der Waals surface area contributed by atoms with E-state index in [1.54, 1.807) is 18.2 Å². The van der Waals surface area contributed by atoms with Crippen LogP contribution in [0.1, 0.15) is 26.7 Å². The van der Waals surface area contributed by atoms with Crippen molar-refractivity contribution in [2.45, 2.75) is 31.1 Å². The summed E-state index contributed by atoms with van der Waals surface area (Å²) in [5.74, 6) is 0.407. The average Bonchev–Trinajstić information content (AvgIpc) is 3.10. The molecule has 3 rings (SSSR count). The molecule has 0 amide bonds. The zero-order valence-electron chi connectivity index (χ0n) is 16.6. The quantitative estimate of drug-likeness (QED) is 0.611. The van der Waals surface area contributed by atoms with E-state index in [2.05, 4.69) is 14.4 Å². The molecule has 0 saturated heterocycles. The van der Waals surface area contributed by atoms with Crippen molar-refractivity contribution in [2.75, 3.05) is 18.4 Å². The number of aromatic nitrogens is 1. The Balaban J connectivity index is 1.77. The van der Waals surface area contributed by atoms with E-state index in [9.17, 15) is 13.2 Å². The third kappa shape index (κ3) is 4.86. The predicted molar refractivity (Wildman–Crippen MR) is 107 cm³/mol. The highest BCUT2D eigenvalue weighted by Gasteiger charge is 2.21. The molecule has 0 atom stereocenters. The van der Waals surface area contributed by atoms with Gasteiger partial charge in [0.25, 0.3) is 10.0 Å². The number of nitrogens with one attached hydrogen (secondary N) is 1. The smallest absolute Gasteiger partial charge is 0.343 e. The van der Waals surface area contributed by atoms with Crippen LogP contribution in [0.4, 0.5) is 5.69 Å². The van der Waals surface area contributed by atoms with Crippen molar-refractivity contribution in [3.63, 3.8) is 0 Å². The number of nitrogens with zero attached hydrogens (tertiary/aromatic N) is 1. The van der Waals surface area contributed by atoms with E-state index >= 15 is 0 Å². The Morgan fingerprint density at radius 3 is 2.45 bits per heavy atom. The number of ether oxygens (including phenoxy) is 2. The van der Waals surface area contributed by atoms with Crippen LogP contribution in [-0.2, 0) is 25.0 Å². The number of oxazole rings is 1. The summed E-state index contributed by atoms with van der Waals surface area (Å²) in [5.41, 5.74) is 1.28. The number of carbonyl (C=O) groups is 1. The molecule has 3 aromatic rings. The van der Waals surface area contributed by atoms with Crippen LogP contribution < -0.4 is 9.46 Å². The summed E-state index contributed by atoms with van der Waals surface area (Å²) in [7, 11) is -2.55. The van der Waals surface area contributed by atoms with E-state index in [4.69, 9.17) is 9.15 Å². The fourth-order valence-electron chi connectivity index (χ4n) is 2.44. The molecule has 1 heterocycles. The van der Waals surface area contributed by atoms with Gasteiger partial charge < -0.3 is 13.9 Å². The monoisotopic (exact) mass is 418 g/mol. The highest BCUT2D eigenvalue weighted by atomic mass is 32.2. The standard InChI is InChI=1S/C20H22N2O6S/c1-20(2,3)19-21-16-11-13(5-10-17(16)28-19)22-29(24,25)15-8-6-14(7-9-15)27-12-18(23)26-4/h5-11,22H,12H2,1-4H3. The van der Waals surface area contributed by atoms with Gasteiger partial charge in [0.1, 0.15) is 11.3 Å². The lowest BCUT2D eigenvalue weighted by molar-refractivity contribution is -0.142. The van der Waals surface area contributed by atoms with Gasteiger partial charge in [0.05, 0.1) is 17.7 Å². The first-order chi connectivity index (χ1) is 13.6. The van der Waals surface area contributed by atoms with Gasteiger partial charge in [-0.1, -0.05) is 20.8 Å². The molecular weight excluding hydrogens is 396 g/mol. The summed E-state index contributed by atoms with van der Waals surface area (Å²) < 4.78 is 43.3. The fraction of sp³-hybridized carbons (Fsp3) is 0.300. The first-order valence-corrected chi connectivity index (χ1v) is 10.3. The molecule has 1 N–H and O–H groups in total. The molecule has 29 heavy (non-hydrogen) atoms. The second kappa shape index (κ2) is 7.75. The van der Waals surface area contributed by atoms with E-state index in [0.29, 0.717) is 28.4 Å². The van der Waals surface area contributed by atoms with E-state index in [0.717, 1.165) is 0 Å². The average molecular weight is 418 g/mol. The molecule has 0 unspecified atom stereocenters. The van der Waals surface area contributed by atoms with Gasteiger partial charge in [-0.2, -0.15) is 0 Å². The van der Waals surface area contributed by atoms with Crippen LogP contribution in [0.5, 0.6) is 5.75 Å². The maximum Gasteiger partial charge on any atom is 0.343 e. The molecule has 1 aromatic heterocycles. The normalized spacial score (nSPS) is 12.0. The molecule has 8 nitrogen and oxygen atoms in total. The lowest BCUT2D eigenvalue weighted by Gasteiger charge is -2.11. The maximum absolute atomic E-state index is 12.7. The van der Waals surface area contributed by atoms with Crippen molar-refractivity contribution >= 4 is 32.8 Å². The van der Waals surface area contributed by atoms with E-state index in [1.807, 2.05) is 20.8 Å². The molecule has 0 saturated carbocycles. The predicted octanol–water partition coefficient (Wildman–Crippen LogP) is 3.48. The highest BCUT2D eigenvalue weighted by Crippen LogP contribution is 2.28. The van der Waals surface area contributed by atoms with Gasteiger partial charge >= 0.3 is 5.97 Å². The van der Waals surface area contributed by atoms with Crippen LogP contribution >= 0.6 is 0 Å². The summed E-state index contributed by atoms with van der Waals surface area (Å²) in [6.45, 7) is 5.70. The molecule has 0 aliphatic rings. The summed E-state index contributed by atoms with van der Waals surface area (Å²) in [6.07, 6.45) is 0. The van der Waals surface area contributed by atoms with Gasteiger partial charge in [0.2, 0.25) is 5.89 Å². The Hall–Kier alpha value is -3.07. The van der Waals surface area contributed by atoms with Crippen LogP contribution in [0.15, 0.2) is 51.8 Å². The van der Waals surface area contributed by atoms with Gasteiger partial charge in [0, 0.05) is 5.41 Å². The Labute approximate surface area is 168 Å². The van der Waals surface area contributed by atoms with Crippen molar-refractivity contribution in [2.24, 2.45) is 0 Å². The van der Waals surface area contributed by atoms with Crippen LogP contribution in [0, 0.1) is 0 Å². The van der Waals surface area contributed by atoms with Gasteiger partial charge in [0.15, 0.2) is 12.2 Å². The molecule has 2 aromatic carbocycles. The largest absolute Gasteiger partial charge is 0.482 e. The minimum Gasteiger partial charge on any atom is -0.482 e. The van der Waals surface area contributed by atoms with E-state index in [1.165, 1.54) is 31.4 Å². The number of hydrogen-bond donors (Lipinski definition) is 1. The number of sulfonamides is 1. The molecule has 154 valence electrons. The zero-order chi connectivity index (χ0) is 21.2. The van der Waals surface area contributed by atoms with Crippen LogP contribution in [0.25, 0.3) is 11.1 Å². The molecule has 0 spiro atoms. The number of esters is 1. The lowest BCUT2D eigenvalue weighted by Crippen LogP contribution is -2.14.